The summed E-state index contributed by atoms with van der Waals surface area (Å²) < 4.78 is 0. The van der Waals surface area contributed by atoms with E-state index in [9.17, 15) is 5.11 Å². The fourth-order valence-corrected chi connectivity index (χ4v) is 6.42. The van der Waals surface area contributed by atoms with Crippen LogP contribution in [0.4, 0.5) is 0 Å². The van der Waals surface area contributed by atoms with Crippen molar-refractivity contribution in [2.24, 2.45) is 23.2 Å². The molecule has 0 aromatic carbocycles. The van der Waals surface area contributed by atoms with E-state index in [-0.39, 0.29) is 6.10 Å². The van der Waals surface area contributed by atoms with Gasteiger partial charge in [0.15, 0.2) is 0 Å². The molecule has 1 N–H and O–H groups in total. The highest BCUT2D eigenvalue weighted by molar-refractivity contribution is 5.36. The molecule has 3 aliphatic carbocycles. The highest BCUT2D eigenvalue weighted by atomic mass is 16.3. The van der Waals surface area contributed by atoms with E-state index in [0.717, 1.165) is 43.4 Å². The summed E-state index contributed by atoms with van der Waals surface area (Å²) in [5, 5.41) is 10.0. The first-order valence-electron chi connectivity index (χ1n) is 11.8. The van der Waals surface area contributed by atoms with Crippen molar-refractivity contribution in [3.8, 4) is 0 Å². The molecule has 0 aromatic rings. The van der Waals surface area contributed by atoms with Gasteiger partial charge in [-0.05, 0) is 99.4 Å². The fourth-order valence-electron chi connectivity index (χ4n) is 6.42. The van der Waals surface area contributed by atoms with Crippen molar-refractivity contribution in [3.05, 3.63) is 47.6 Å². The molecule has 0 aliphatic heterocycles. The molecule has 0 bridgehead atoms. The second-order valence-electron chi connectivity index (χ2n) is 10.1. The third-order valence-corrected chi connectivity index (χ3v) is 8.37. The third kappa shape index (κ3) is 4.56. The number of hydrogen-bond donors (Lipinski definition) is 1. The zero-order chi connectivity index (χ0) is 20.3. The first kappa shape index (κ1) is 21.6. The van der Waals surface area contributed by atoms with Crippen LogP contribution in [0, 0.1) is 23.2 Å². The second kappa shape index (κ2) is 9.16. The van der Waals surface area contributed by atoms with Gasteiger partial charge in [0.2, 0.25) is 0 Å². The molecule has 3 aliphatic rings. The molecule has 28 heavy (non-hydrogen) atoms. The zero-order valence-corrected chi connectivity index (χ0v) is 18.6. The molecule has 0 spiro atoms. The highest BCUT2D eigenvalue weighted by Crippen LogP contribution is 2.60. The predicted octanol–water partition coefficient (Wildman–Crippen LogP) is 7.54. The normalized spacial score (nSPS) is 37.3. The van der Waals surface area contributed by atoms with Crippen molar-refractivity contribution in [2.45, 2.75) is 97.5 Å². The Labute approximate surface area is 173 Å². The zero-order valence-electron chi connectivity index (χ0n) is 18.6. The van der Waals surface area contributed by atoms with Crippen LogP contribution < -0.4 is 0 Å². The minimum Gasteiger partial charge on any atom is -0.393 e. The Balaban J connectivity index is 1.72. The smallest absolute Gasteiger partial charge is 0.0583 e. The first-order chi connectivity index (χ1) is 13.3. The van der Waals surface area contributed by atoms with Gasteiger partial charge >= 0.3 is 0 Å². The van der Waals surface area contributed by atoms with Crippen molar-refractivity contribution in [1.29, 1.82) is 0 Å². The van der Waals surface area contributed by atoms with Crippen LogP contribution in [-0.2, 0) is 0 Å². The van der Waals surface area contributed by atoms with E-state index < -0.39 is 0 Å². The average Bonchev–Trinajstić information content (AvgIpc) is 3.04. The summed E-state index contributed by atoms with van der Waals surface area (Å²) in [5.41, 5.74) is 6.06. The summed E-state index contributed by atoms with van der Waals surface area (Å²) >= 11 is 0. The number of allylic oxidation sites excluding steroid dienone is 5. The standard InChI is InChI=1S/C27H42O/c1-6-19(2)9-10-21(4)25-15-16-26-22(8-7-17-27(25,26)5)12-13-23-18-24(28)14-11-20(23)3/h12-13,21,24-26,28H,2-3,6-11,14-18H2,1,4-5H3/b22-12+,23-13-/t21-,24+,25-,26+,27-/m1/s1. The molecule has 156 valence electrons. The Morgan fingerprint density at radius 2 is 2.04 bits per heavy atom. The lowest BCUT2D eigenvalue weighted by Crippen LogP contribution is -2.36. The minimum atomic E-state index is -0.179. The fraction of sp³-hybridized carbons (Fsp3) is 0.704. The molecule has 1 heteroatoms. The lowest BCUT2D eigenvalue weighted by molar-refractivity contribution is 0.0943. The minimum absolute atomic E-state index is 0.179. The van der Waals surface area contributed by atoms with Crippen LogP contribution in [0.1, 0.15) is 91.4 Å². The molecule has 0 unspecified atom stereocenters. The summed E-state index contributed by atoms with van der Waals surface area (Å²) in [5.74, 6) is 2.40. The van der Waals surface area contributed by atoms with Crippen molar-refractivity contribution in [1.82, 2.24) is 0 Å². The van der Waals surface area contributed by atoms with Gasteiger partial charge in [-0.2, -0.15) is 0 Å². The summed E-state index contributed by atoms with van der Waals surface area (Å²) in [6.45, 7) is 15.8. The van der Waals surface area contributed by atoms with Gasteiger partial charge in [0, 0.05) is 0 Å². The lowest BCUT2D eigenvalue weighted by Gasteiger charge is -2.44. The summed E-state index contributed by atoms with van der Waals surface area (Å²) in [4.78, 5) is 0. The van der Waals surface area contributed by atoms with Crippen molar-refractivity contribution in [2.75, 3.05) is 0 Å². The Morgan fingerprint density at radius 1 is 1.25 bits per heavy atom. The topological polar surface area (TPSA) is 20.2 Å². The van der Waals surface area contributed by atoms with Crippen LogP contribution in [0.15, 0.2) is 47.6 Å². The van der Waals surface area contributed by atoms with Gasteiger partial charge in [-0.25, -0.2) is 0 Å². The van der Waals surface area contributed by atoms with Crippen LogP contribution in [-0.4, -0.2) is 11.2 Å². The Morgan fingerprint density at radius 3 is 2.79 bits per heavy atom. The number of aliphatic hydroxyl groups excluding tert-OH is 1. The van der Waals surface area contributed by atoms with Crippen LogP contribution in [0.5, 0.6) is 0 Å². The molecule has 0 aromatic heterocycles. The van der Waals surface area contributed by atoms with Gasteiger partial charge in [0.1, 0.15) is 0 Å². The molecular weight excluding hydrogens is 340 g/mol. The predicted molar refractivity (Wildman–Crippen MR) is 121 cm³/mol. The van der Waals surface area contributed by atoms with Crippen molar-refractivity contribution < 1.29 is 5.11 Å². The quantitative estimate of drug-likeness (QED) is 0.470. The van der Waals surface area contributed by atoms with Gasteiger partial charge in [-0.1, -0.05) is 62.8 Å². The van der Waals surface area contributed by atoms with Gasteiger partial charge in [-0.15, -0.1) is 0 Å². The Hall–Kier alpha value is -1.08. The molecule has 3 fully saturated rings. The number of aliphatic hydroxyl groups is 1. The van der Waals surface area contributed by atoms with Gasteiger partial charge < -0.3 is 5.11 Å². The average molecular weight is 383 g/mol. The molecule has 3 rings (SSSR count). The molecule has 0 heterocycles. The number of hydrogen-bond acceptors (Lipinski definition) is 1. The molecule has 1 nitrogen and oxygen atoms in total. The molecule has 5 atom stereocenters. The molecule has 0 saturated heterocycles. The van der Waals surface area contributed by atoms with Gasteiger partial charge in [-0.3, -0.25) is 0 Å². The Kier molecular flexibility index (Phi) is 7.07. The van der Waals surface area contributed by atoms with E-state index in [2.05, 4.69) is 46.1 Å². The summed E-state index contributed by atoms with van der Waals surface area (Å²) in [6.07, 6.45) is 17.5. The van der Waals surface area contributed by atoms with Crippen LogP contribution in [0.25, 0.3) is 0 Å². The van der Waals surface area contributed by atoms with Crippen molar-refractivity contribution >= 4 is 0 Å². The van der Waals surface area contributed by atoms with Crippen molar-refractivity contribution in [3.63, 3.8) is 0 Å². The SMILES string of the molecule is C=C(CC)CC[C@@H](C)[C@H]1CC[C@H]2/C(=C/C=C3/C[C@@H](O)CCC3=C)CCC[C@]12C. The maximum Gasteiger partial charge on any atom is 0.0583 e. The largest absolute Gasteiger partial charge is 0.393 e. The van der Waals surface area contributed by atoms with Crippen LogP contribution in [0.3, 0.4) is 0 Å². The third-order valence-electron chi connectivity index (χ3n) is 8.37. The first-order valence-corrected chi connectivity index (χ1v) is 11.8. The molecule has 0 amide bonds. The maximum atomic E-state index is 10.0. The number of fused-ring (bicyclic) bond motifs is 1. The maximum absolute atomic E-state index is 10.0. The summed E-state index contributed by atoms with van der Waals surface area (Å²) in [7, 11) is 0. The van der Waals surface area contributed by atoms with E-state index in [1.54, 1.807) is 5.57 Å². The van der Waals surface area contributed by atoms with E-state index in [1.807, 2.05) is 0 Å². The van der Waals surface area contributed by atoms with E-state index in [4.69, 9.17) is 0 Å². The van der Waals surface area contributed by atoms with Gasteiger partial charge in [0.25, 0.3) is 0 Å². The van der Waals surface area contributed by atoms with Crippen LogP contribution >= 0.6 is 0 Å². The molecular formula is C27H42O. The molecule has 3 saturated carbocycles. The molecule has 0 radical (unpaired) electrons. The van der Waals surface area contributed by atoms with Gasteiger partial charge in [0.05, 0.1) is 6.10 Å². The number of rotatable bonds is 6. The van der Waals surface area contributed by atoms with E-state index >= 15 is 0 Å². The highest BCUT2D eigenvalue weighted by Gasteiger charge is 2.50. The summed E-state index contributed by atoms with van der Waals surface area (Å²) in [6, 6.07) is 0. The lowest BCUT2D eigenvalue weighted by atomic mass is 9.60. The second-order valence-corrected chi connectivity index (χ2v) is 10.1. The Bertz CT molecular complexity index is 651. The van der Waals surface area contributed by atoms with E-state index in [1.165, 1.54) is 61.7 Å². The monoisotopic (exact) mass is 382 g/mol. The van der Waals surface area contributed by atoms with E-state index in [0.29, 0.717) is 5.41 Å². The van der Waals surface area contributed by atoms with Crippen LogP contribution in [0.2, 0.25) is 0 Å².